The molecule has 2 rings (SSSR count). The van der Waals surface area contributed by atoms with Gasteiger partial charge in [0.2, 0.25) is 0 Å². The van der Waals surface area contributed by atoms with Crippen LogP contribution in [0.4, 0.5) is 0 Å². The third-order valence-corrected chi connectivity index (χ3v) is 3.22. The van der Waals surface area contributed by atoms with Crippen molar-refractivity contribution in [2.75, 3.05) is 20.8 Å². The molecular formula is C17H23N3. The minimum Gasteiger partial charge on any atom is -0.300 e. The first kappa shape index (κ1) is 14.7. The third kappa shape index (κ3) is 4.46. The molecule has 2 aromatic carbocycles. The van der Waals surface area contributed by atoms with Crippen LogP contribution >= 0.6 is 0 Å². The number of benzene rings is 2. The zero-order chi connectivity index (χ0) is 14.2. The summed E-state index contributed by atoms with van der Waals surface area (Å²) in [6.07, 6.45) is 0.222. The molecule has 1 unspecified atom stereocenters. The van der Waals surface area contributed by atoms with Gasteiger partial charge >= 0.3 is 0 Å². The number of hydrogen-bond donors (Lipinski definition) is 2. The molecule has 0 saturated heterocycles. The van der Waals surface area contributed by atoms with E-state index in [1.807, 2.05) is 12.1 Å². The van der Waals surface area contributed by atoms with Crippen LogP contribution in [0, 0.1) is 0 Å². The molecule has 106 valence electrons. The average molecular weight is 269 g/mol. The summed E-state index contributed by atoms with van der Waals surface area (Å²) in [4.78, 5) is 2.18. The van der Waals surface area contributed by atoms with E-state index in [-0.39, 0.29) is 6.17 Å². The number of nitrogens with one attached hydrogen (secondary N) is 2. The van der Waals surface area contributed by atoms with Gasteiger partial charge in [0.1, 0.15) is 0 Å². The van der Waals surface area contributed by atoms with Crippen LogP contribution in [-0.2, 0) is 6.54 Å². The first-order valence-corrected chi connectivity index (χ1v) is 6.97. The molecule has 3 heteroatoms. The summed E-state index contributed by atoms with van der Waals surface area (Å²) < 4.78 is 0. The normalized spacial score (nSPS) is 12.6. The highest BCUT2D eigenvalue weighted by Gasteiger charge is 2.11. The van der Waals surface area contributed by atoms with Crippen molar-refractivity contribution in [3.05, 3.63) is 71.8 Å². The van der Waals surface area contributed by atoms with Gasteiger partial charge in [-0.3, -0.25) is 10.2 Å². The first-order chi connectivity index (χ1) is 9.77. The summed E-state index contributed by atoms with van der Waals surface area (Å²) in [6.45, 7) is 1.65. The van der Waals surface area contributed by atoms with Crippen molar-refractivity contribution in [2.45, 2.75) is 12.7 Å². The zero-order valence-electron chi connectivity index (χ0n) is 12.2. The third-order valence-electron chi connectivity index (χ3n) is 3.22. The number of hydrogen-bond acceptors (Lipinski definition) is 3. The van der Waals surface area contributed by atoms with Crippen molar-refractivity contribution < 1.29 is 0 Å². The molecule has 0 aliphatic carbocycles. The lowest BCUT2D eigenvalue weighted by Gasteiger charge is -2.26. The van der Waals surface area contributed by atoms with Gasteiger partial charge in [0.25, 0.3) is 0 Å². The quantitative estimate of drug-likeness (QED) is 0.597. The Kier molecular flexibility index (Phi) is 5.74. The maximum Gasteiger partial charge on any atom is 0.0865 e. The fraction of sp³-hybridized carbons (Fsp3) is 0.294. The minimum absolute atomic E-state index is 0.222. The van der Waals surface area contributed by atoms with Crippen LogP contribution in [0.5, 0.6) is 0 Å². The fourth-order valence-corrected chi connectivity index (χ4v) is 2.21. The van der Waals surface area contributed by atoms with Gasteiger partial charge in [0.15, 0.2) is 0 Å². The average Bonchev–Trinajstić information content (AvgIpc) is 2.49. The number of rotatable bonds is 7. The van der Waals surface area contributed by atoms with Crippen LogP contribution in [0.3, 0.4) is 0 Å². The fourth-order valence-electron chi connectivity index (χ4n) is 2.21. The second-order valence-electron chi connectivity index (χ2n) is 5.07. The Balaban J connectivity index is 1.82. The molecule has 0 radical (unpaired) electrons. The SMILES string of the molecule is CN(C)C(NCNCc1ccccc1)c1ccccc1. The molecule has 0 fully saturated rings. The minimum atomic E-state index is 0.222. The van der Waals surface area contributed by atoms with E-state index in [2.05, 4.69) is 78.2 Å². The Morgan fingerprint density at radius 3 is 2.10 bits per heavy atom. The predicted molar refractivity (Wildman–Crippen MR) is 84.2 cm³/mol. The van der Waals surface area contributed by atoms with Crippen LogP contribution < -0.4 is 10.6 Å². The predicted octanol–water partition coefficient (Wildman–Crippen LogP) is 2.58. The van der Waals surface area contributed by atoms with E-state index in [0.29, 0.717) is 0 Å². The van der Waals surface area contributed by atoms with Gasteiger partial charge in [0.05, 0.1) is 6.17 Å². The Hall–Kier alpha value is -1.68. The molecular weight excluding hydrogens is 246 g/mol. The van der Waals surface area contributed by atoms with E-state index in [0.717, 1.165) is 13.2 Å². The van der Waals surface area contributed by atoms with Crippen LogP contribution in [0.15, 0.2) is 60.7 Å². The summed E-state index contributed by atoms with van der Waals surface area (Å²) in [6, 6.07) is 20.9. The standard InChI is InChI=1S/C17H23N3/c1-20(2)17(16-11-7-4-8-12-16)19-14-18-13-15-9-5-3-6-10-15/h3-12,17-19H,13-14H2,1-2H3. The molecule has 0 heterocycles. The lowest BCUT2D eigenvalue weighted by Crippen LogP contribution is -2.38. The molecule has 0 amide bonds. The van der Waals surface area contributed by atoms with Crippen molar-refractivity contribution in [1.82, 2.24) is 15.5 Å². The largest absolute Gasteiger partial charge is 0.300 e. The van der Waals surface area contributed by atoms with E-state index in [4.69, 9.17) is 0 Å². The smallest absolute Gasteiger partial charge is 0.0865 e. The monoisotopic (exact) mass is 269 g/mol. The van der Waals surface area contributed by atoms with Crippen molar-refractivity contribution in [3.63, 3.8) is 0 Å². The second-order valence-corrected chi connectivity index (χ2v) is 5.07. The maximum atomic E-state index is 3.52. The molecule has 20 heavy (non-hydrogen) atoms. The highest BCUT2D eigenvalue weighted by molar-refractivity contribution is 5.18. The summed E-state index contributed by atoms with van der Waals surface area (Å²) >= 11 is 0. The Morgan fingerprint density at radius 1 is 0.900 bits per heavy atom. The van der Waals surface area contributed by atoms with E-state index in [1.54, 1.807) is 0 Å². The van der Waals surface area contributed by atoms with Gasteiger partial charge in [-0.05, 0) is 25.2 Å². The van der Waals surface area contributed by atoms with Crippen LogP contribution in [0.1, 0.15) is 17.3 Å². The van der Waals surface area contributed by atoms with E-state index >= 15 is 0 Å². The molecule has 0 saturated carbocycles. The molecule has 0 aliphatic rings. The van der Waals surface area contributed by atoms with Crippen molar-refractivity contribution in [1.29, 1.82) is 0 Å². The van der Waals surface area contributed by atoms with Gasteiger partial charge in [-0.25, -0.2) is 0 Å². The summed E-state index contributed by atoms with van der Waals surface area (Å²) in [5.74, 6) is 0. The lowest BCUT2D eigenvalue weighted by molar-refractivity contribution is 0.245. The maximum absolute atomic E-state index is 3.52. The van der Waals surface area contributed by atoms with Crippen molar-refractivity contribution in [2.24, 2.45) is 0 Å². The van der Waals surface area contributed by atoms with Crippen LogP contribution in [0.2, 0.25) is 0 Å². The molecule has 1 atom stereocenters. The van der Waals surface area contributed by atoms with E-state index in [1.165, 1.54) is 11.1 Å². The number of nitrogens with zero attached hydrogens (tertiary/aromatic N) is 1. The summed E-state index contributed by atoms with van der Waals surface area (Å²) in [5, 5.41) is 6.94. The van der Waals surface area contributed by atoms with Crippen LogP contribution in [0.25, 0.3) is 0 Å². The Morgan fingerprint density at radius 2 is 1.50 bits per heavy atom. The van der Waals surface area contributed by atoms with Gasteiger partial charge < -0.3 is 5.32 Å². The molecule has 3 nitrogen and oxygen atoms in total. The second kappa shape index (κ2) is 7.80. The Labute approximate surface area is 121 Å². The summed E-state index contributed by atoms with van der Waals surface area (Å²) in [7, 11) is 4.17. The highest BCUT2D eigenvalue weighted by Crippen LogP contribution is 2.13. The Bertz CT molecular complexity index is 482. The zero-order valence-corrected chi connectivity index (χ0v) is 12.2. The van der Waals surface area contributed by atoms with E-state index in [9.17, 15) is 0 Å². The molecule has 2 aromatic rings. The molecule has 0 aromatic heterocycles. The summed E-state index contributed by atoms with van der Waals surface area (Å²) in [5.41, 5.74) is 2.58. The van der Waals surface area contributed by atoms with Gasteiger partial charge in [-0.1, -0.05) is 60.7 Å². The van der Waals surface area contributed by atoms with Crippen molar-refractivity contribution >= 4 is 0 Å². The van der Waals surface area contributed by atoms with Gasteiger partial charge in [0, 0.05) is 13.2 Å². The molecule has 2 N–H and O–H groups in total. The lowest BCUT2D eigenvalue weighted by atomic mass is 10.1. The van der Waals surface area contributed by atoms with Gasteiger partial charge in [-0.15, -0.1) is 0 Å². The highest BCUT2D eigenvalue weighted by atomic mass is 15.3. The molecule has 0 aliphatic heterocycles. The van der Waals surface area contributed by atoms with Crippen LogP contribution in [-0.4, -0.2) is 25.7 Å². The topological polar surface area (TPSA) is 27.3 Å². The van der Waals surface area contributed by atoms with Crippen molar-refractivity contribution in [3.8, 4) is 0 Å². The van der Waals surface area contributed by atoms with Gasteiger partial charge in [-0.2, -0.15) is 0 Å². The molecule has 0 bridgehead atoms. The first-order valence-electron chi connectivity index (χ1n) is 6.97. The molecule has 0 spiro atoms. The van der Waals surface area contributed by atoms with E-state index < -0.39 is 0 Å².